The van der Waals surface area contributed by atoms with E-state index >= 15 is 0 Å². The Bertz CT molecular complexity index is 727. The summed E-state index contributed by atoms with van der Waals surface area (Å²) in [5, 5.41) is 4.00. The molecule has 0 aliphatic heterocycles. The number of hydrogen-bond acceptors (Lipinski definition) is 4. The number of carbonyl (C=O) groups excluding carboxylic acids is 1. The number of benzene rings is 2. The van der Waals surface area contributed by atoms with Crippen molar-refractivity contribution in [3.63, 3.8) is 0 Å². The predicted octanol–water partition coefficient (Wildman–Crippen LogP) is 4.16. The third kappa shape index (κ3) is 6.59. The molecule has 0 radical (unpaired) electrons. The molecule has 0 aromatic heterocycles. The van der Waals surface area contributed by atoms with Crippen molar-refractivity contribution in [3.8, 4) is 11.5 Å². The van der Waals surface area contributed by atoms with Gasteiger partial charge < -0.3 is 9.47 Å². The lowest BCUT2D eigenvalue weighted by Gasteiger charge is -2.12. The van der Waals surface area contributed by atoms with Crippen LogP contribution in [0.15, 0.2) is 53.6 Å². The molecule has 0 atom stereocenters. The van der Waals surface area contributed by atoms with Crippen LogP contribution in [-0.4, -0.2) is 18.7 Å². The average molecular weight is 354 g/mol. The summed E-state index contributed by atoms with van der Waals surface area (Å²) in [5.74, 6) is 1.54. The fourth-order valence-corrected chi connectivity index (χ4v) is 2.32. The minimum Gasteiger partial charge on any atom is -0.490 e. The average Bonchev–Trinajstić information content (AvgIpc) is 2.61. The summed E-state index contributed by atoms with van der Waals surface area (Å²) in [5.41, 5.74) is 4.45. The summed E-state index contributed by atoms with van der Waals surface area (Å²) in [6.45, 7) is 6.92. The van der Waals surface area contributed by atoms with Crippen LogP contribution >= 0.6 is 0 Å². The fourth-order valence-electron chi connectivity index (χ4n) is 2.32. The standard InChI is InChI=1S/C21H26N2O3/c1-4-25-20-13-18(14-22-23-21(24)12-16(2)3)10-11-19(20)26-15-17-8-6-5-7-9-17/h5-11,13-14,16H,4,12,15H2,1-3H3,(H,23,24). The largest absolute Gasteiger partial charge is 0.490 e. The smallest absolute Gasteiger partial charge is 0.240 e. The first-order chi connectivity index (χ1) is 12.6. The van der Waals surface area contributed by atoms with Crippen LogP contribution in [0.4, 0.5) is 0 Å². The van der Waals surface area contributed by atoms with Gasteiger partial charge in [-0.3, -0.25) is 4.79 Å². The lowest BCUT2D eigenvalue weighted by molar-refractivity contribution is -0.121. The second-order valence-corrected chi connectivity index (χ2v) is 6.30. The summed E-state index contributed by atoms with van der Waals surface area (Å²) in [7, 11) is 0. The van der Waals surface area contributed by atoms with Crippen LogP contribution in [0.1, 0.15) is 38.3 Å². The van der Waals surface area contributed by atoms with Gasteiger partial charge in [0.1, 0.15) is 6.61 Å². The maximum atomic E-state index is 11.6. The molecule has 26 heavy (non-hydrogen) atoms. The van der Waals surface area contributed by atoms with Crippen molar-refractivity contribution in [2.75, 3.05) is 6.61 Å². The number of hydrazone groups is 1. The van der Waals surface area contributed by atoms with Crippen molar-refractivity contribution >= 4 is 12.1 Å². The molecule has 0 saturated carbocycles. The van der Waals surface area contributed by atoms with Crippen molar-refractivity contribution in [3.05, 3.63) is 59.7 Å². The lowest BCUT2D eigenvalue weighted by Crippen LogP contribution is -2.19. The number of nitrogens with one attached hydrogen (secondary N) is 1. The summed E-state index contributed by atoms with van der Waals surface area (Å²) in [4.78, 5) is 11.6. The molecule has 0 heterocycles. The quantitative estimate of drug-likeness (QED) is 0.543. The number of rotatable bonds is 9. The van der Waals surface area contributed by atoms with E-state index in [4.69, 9.17) is 9.47 Å². The summed E-state index contributed by atoms with van der Waals surface area (Å²) in [6, 6.07) is 15.5. The van der Waals surface area contributed by atoms with Gasteiger partial charge in [0.05, 0.1) is 12.8 Å². The van der Waals surface area contributed by atoms with Crippen molar-refractivity contribution in [1.82, 2.24) is 5.43 Å². The molecule has 2 aromatic carbocycles. The third-order valence-corrected chi connectivity index (χ3v) is 3.50. The molecule has 0 aliphatic rings. The van der Waals surface area contributed by atoms with Crippen molar-refractivity contribution in [2.24, 2.45) is 11.0 Å². The van der Waals surface area contributed by atoms with E-state index in [0.717, 1.165) is 11.1 Å². The highest BCUT2D eigenvalue weighted by molar-refractivity contribution is 5.83. The van der Waals surface area contributed by atoms with Gasteiger partial charge in [-0.2, -0.15) is 5.10 Å². The minimum absolute atomic E-state index is 0.0934. The second kappa shape index (κ2) is 10.2. The summed E-state index contributed by atoms with van der Waals surface area (Å²) >= 11 is 0. The Morgan fingerprint density at radius 2 is 1.88 bits per heavy atom. The zero-order valence-corrected chi connectivity index (χ0v) is 15.6. The number of carbonyl (C=O) groups is 1. The van der Waals surface area contributed by atoms with E-state index in [9.17, 15) is 4.79 Å². The molecule has 2 rings (SSSR count). The number of hydrogen-bond donors (Lipinski definition) is 1. The molecule has 0 bridgehead atoms. The van der Waals surface area contributed by atoms with Crippen LogP contribution in [0.5, 0.6) is 11.5 Å². The molecule has 1 N–H and O–H groups in total. The first-order valence-corrected chi connectivity index (χ1v) is 8.84. The molecule has 2 aromatic rings. The predicted molar refractivity (Wildman–Crippen MR) is 104 cm³/mol. The van der Waals surface area contributed by atoms with Gasteiger partial charge in [-0.1, -0.05) is 44.2 Å². The van der Waals surface area contributed by atoms with E-state index in [2.05, 4.69) is 10.5 Å². The molecule has 0 saturated heterocycles. The van der Waals surface area contributed by atoms with E-state index in [1.165, 1.54) is 0 Å². The molecule has 0 unspecified atom stereocenters. The van der Waals surface area contributed by atoms with Gasteiger partial charge in [0.25, 0.3) is 0 Å². The van der Waals surface area contributed by atoms with Gasteiger partial charge >= 0.3 is 0 Å². The van der Waals surface area contributed by atoms with Gasteiger partial charge in [0.15, 0.2) is 11.5 Å². The van der Waals surface area contributed by atoms with Crippen LogP contribution in [-0.2, 0) is 11.4 Å². The van der Waals surface area contributed by atoms with E-state index in [0.29, 0.717) is 37.1 Å². The van der Waals surface area contributed by atoms with Crippen LogP contribution < -0.4 is 14.9 Å². The third-order valence-electron chi connectivity index (χ3n) is 3.50. The Hall–Kier alpha value is -2.82. The summed E-state index contributed by atoms with van der Waals surface area (Å²) in [6.07, 6.45) is 2.05. The van der Waals surface area contributed by atoms with E-state index in [1.807, 2.05) is 69.3 Å². The Balaban J connectivity index is 2.01. The minimum atomic E-state index is -0.0934. The monoisotopic (exact) mass is 354 g/mol. The Kier molecular flexibility index (Phi) is 7.68. The molecule has 5 nitrogen and oxygen atoms in total. The van der Waals surface area contributed by atoms with Gasteiger partial charge in [-0.25, -0.2) is 5.43 Å². The zero-order chi connectivity index (χ0) is 18.8. The maximum absolute atomic E-state index is 11.6. The van der Waals surface area contributed by atoms with Crippen molar-refractivity contribution in [2.45, 2.75) is 33.8 Å². The van der Waals surface area contributed by atoms with Crippen molar-refractivity contribution in [1.29, 1.82) is 0 Å². The van der Waals surface area contributed by atoms with Gasteiger partial charge in [-0.15, -0.1) is 0 Å². The molecule has 0 spiro atoms. The molecule has 5 heteroatoms. The maximum Gasteiger partial charge on any atom is 0.240 e. The molecule has 138 valence electrons. The Morgan fingerprint density at radius 3 is 2.58 bits per heavy atom. The van der Waals surface area contributed by atoms with E-state index in [1.54, 1.807) is 6.21 Å². The Morgan fingerprint density at radius 1 is 1.12 bits per heavy atom. The van der Waals surface area contributed by atoms with Crippen LogP contribution in [0, 0.1) is 5.92 Å². The van der Waals surface area contributed by atoms with Crippen molar-refractivity contribution < 1.29 is 14.3 Å². The van der Waals surface area contributed by atoms with Gasteiger partial charge in [-0.05, 0) is 42.2 Å². The molecule has 0 fully saturated rings. The van der Waals surface area contributed by atoms with Gasteiger partial charge in [0, 0.05) is 6.42 Å². The molecule has 0 aliphatic carbocycles. The van der Waals surface area contributed by atoms with Crippen LogP contribution in [0.2, 0.25) is 0 Å². The first-order valence-electron chi connectivity index (χ1n) is 8.84. The highest BCUT2D eigenvalue weighted by atomic mass is 16.5. The molecular weight excluding hydrogens is 328 g/mol. The fraction of sp³-hybridized carbons (Fsp3) is 0.333. The van der Waals surface area contributed by atoms with Crippen LogP contribution in [0.25, 0.3) is 0 Å². The zero-order valence-electron chi connectivity index (χ0n) is 15.6. The molecule has 1 amide bonds. The summed E-state index contributed by atoms with van der Waals surface area (Å²) < 4.78 is 11.6. The highest BCUT2D eigenvalue weighted by Crippen LogP contribution is 2.28. The normalized spacial score (nSPS) is 10.9. The lowest BCUT2D eigenvalue weighted by atomic mass is 10.1. The topological polar surface area (TPSA) is 59.9 Å². The second-order valence-electron chi connectivity index (χ2n) is 6.30. The number of nitrogens with zero attached hydrogens (tertiary/aromatic N) is 1. The number of ether oxygens (including phenoxy) is 2. The first kappa shape index (κ1) is 19.5. The van der Waals surface area contributed by atoms with E-state index in [-0.39, 0.29) is 5.91 Å². The SMILES string of the molecule is CCOc1cc(C=NNC(=O)CC(C)C)ccc1OCc1ccccc1. The van der Waals surface area contributed by atoms with Gasteiger partial charge in [0.2, 0.25) is 5.91 Å². The van der Waals surface area contributed by atoms with E-state index < -0.39 is 0 Å². The highest BCUT2D eigenvalue weighted by Gasteiger charge is 2.07. The number of amides is 1. The van der Waals surface area contributed by atoms with Crippen LogP contribution in [0.3, 0.4) is 0 Å². The molecular formula is C21H26N2O3. The Labute approximate surface area is 155 Å².